The van der Waals surface area contributed by atoms with E-state index in [1.54, 1.807) is 12.0 Å². The smallest absolute Gasteiger partial charge is 0.266 e. The van der Waals surface area contributed by atoms with Crippen LogP contribution in [-0.4, -0.2) is 29.6 Å². The third kappa shape index (κ3) is 5.73. The van der Waals surface area contributed by atoms with Crippen LogP contribution in [0.4, 0.5) is 5.69 Å². The number of likely N-dealkylation sites (N-methyl/N-ethyl adjacent to an activating group) is 1. The molecule has 1 aliphatic rings. The molecule has 0 spiro atoms. The van der Waals surface area contributed by atoms with Crippen molar-refractivity contribution in [3.05, 3.63) is 105 Å². The molecule has 1 saturated heterocycles. The maximum absolute atomic E-state index is 13.0. The van der Waals surface area contributed by atoms with E-state index < -0.39 is 0 Å². The van der Waals surface area contributed by atoms with E-state index >= 15 is 0 Å². The number of ether oxygens (including phenoxy) is 2. The molecule has 0 aliphatic carbocycles. The van der Waals surface area contributed by atoms with E-state index in [2.05, 4.69) is 46.3 Å². The van der Waals surface area contributed by atoms with Crippen LogP contribution >= 0.6 is 27.7 Å². The van der Waals surface area contributed by atoms with E-state index in [0.29, 0.717) is 23.2 Å². The van der Waals surface area contributed by atoms with Gasteiger partial charge in [-0.05, 0) is 105 Å². The summed E-state index contributed by atoms with van der Waals surface area (Å²) >= 11 is 5.01. The van der Waals surface area contributed by atoms with Gasteiger partial charge in [-0.1, -0.05) is 42.5 Å². The number of hydrogen-bond donors (Lipinski definition) is 0. The minimum absolute atomic E-state index is 0.0486. The van der Waals surface area contributed by atoms with Gasteiger partial charge in [0.2, 0.25) is 0 Å². The first-order valence-corrected chi connectivity index (χ1v) is 13.5. The Morgan fingerprint density at radius 2 is 1.76 bits per heavy atom. The SMILES string of the molecule is CCN1C(=O)/C(=C\c2ccc(OCc3ccc4ccccc4c3)c(Br)c2)SC1=Nc1ccc(OC)cc1. The standard InChI is InChI=1S/C30H25BrN2O3S/c1-3-33-29(34)28(37-30(33)32-24-11-13-25(35-2)14-12-24)18-20-9-15-27(26(31)17-20)36-19-21-8-10-22-6-4-5-7-23(22)16-21/h4-18H,3,19H2,1-2H3/b28-18+,32-30?. The van der Waals surface area contributed by atoms with Crippen LogP contribution in [0.1, 0.15) is 18.1 Å². The minimum Gasteiger partial charge on any atom is -0.497 e. The fourth-order valence-electron chi connectivity index (χ4n) is 4.00. The van der Waals surface area contributed by atoms with Crippen molar-refractivity contribution >= 4 is 61.3 Å². The normalized spacial score (nSPS) is 15.6. The fourth-order valence-corrected chi connectivity index (χ4v) is 5.58. The van der Waals surface area contributed by atoms with Crippen LogP contribution in [-0.2, 0) is 11.4 Å². The maximum Gasteiger partial charge on any atom is 0.266 e. The third-order valence-corrected chi connectivity index (χ3v) is 7.59. The van der Waals surface area contributed by atoms with Gasteiger partial charge in [0.15, 0.2) is 5.17 Å². The number of hydrogen-bond acceptors (Lipinski definition) is 5. The second kappa shape index (κ2) is 11.2. The lowest BCUT2D eigenvalue weighted by Gasteiger charge is -2.12. The lowest BCUT2D eigenvalue weighted by molar-refractivity contribution is -0.122. The van der Waals surface area contributed by atoms with Gasteiger partial charge >= 0.3 is 0 Å². The van der Waals surface area contributed by atoms with Gasteiger partial charge in [-0.25, -0.2) is 4.99 Å². The van der Waals surface area contributed by atoms with Crippen LogP contribution in [0.2, 0.25) is 0 Å². The molecule has 0 atom stereocenters. The van der Waals surface area contributed by atoms with Gasteiger partial charge in [0, 0.05) is 6.54 Å². The molecular formula is C30H25BrN2O3S. The number of carbonyl (C=O) groups excluding carboxylic acids is 1. The predicted molar refractivity (Wildman–Crippen MR) is 155 cm³/mol. The Balaban J connectivity index is 1.30. The van der Waals surface area contributed by atoms with Gasteiger partial charge in [0.05, 0.1) is 22.2 Å². The molecule has 0 bridgehead atoms. The summed E-state index contributed by atoms with van der Waals surface area (Å²) in [6, 6.07) is 27.9. The predicted octanol–water partition coefficient (Wildman–Crippen LogP) is 7.81. The van der Waals surface area contributed by atoms with Crippen LogP contribution in [0.15, 0.2) is 99.3 Å². The number of thioether (sulfide) groups is 1. The van der Waals surface area contributed by atoms with Crippen LogP contribution in [0.3, 0.4) is 0 Å². The van der Waals surface area contributed by atoms with Crippen LogP contribution in [0, 0.1) is 0 Å². The summed E-state index contributed by atoms with van der Waals surface area (Å²) in [4.78, 5) is 20.1. The average Bonchev–Trinajstić information content (AvgIpc) is 3.21. The van der Waals surface area contributed by atoms with E-state index in [0.717, 1.165) is 32.8 Å². The second-order valence-corrected chi connectivity index (χ2v) is 10.3. The molecule has 0 saturated carbocycles. The van der Waals surface area contributed by atoms with Gasteiger partial charge in [0.25, 0.3) is 5.91 Å². The van der Waals surface area contributed by atoms with Gasteiger partial charge in [-0.3, -0.25) is 9.69 Å². The Bertz CT molecular complexity index is 1520. The lowest BCUT2D eigenvalue weighted by atomic mass is 10.1. The summed E-state index contributed by atoms with van der Waals surface area (Å²) in [6.07, 6.45) is 1.89. The summed E-state index contributed by atoms with van der Waals surface area (Å²) in [6.45, 7) is 2.96. The molecule has 1 fully saturated rings. The van der Waals surface area contributed by atoms with Crippen molar-refractivity contribution in [2.45, 2.75) is 13.5 Å². The number of methoxy groups -OCH3 is 1. The zero-order valence-electron chi connectivity index (χ0n) is 20.5. The van der Waals surface area contributed by atoms with Crippen molar-refractivity contribution in [3.8, 4) is 11.5 Å². The number of nitrogens with zero attached hydrogens (tertiary/aromatic N) is 2. The van der Waals surface area contributed by atoms with Gasteiger partial charge < -0.3 is 9.47 Å². The van der Waals surface area contributed by atoms with Gasteiger partial charge in [-0.15, -0.1) is 0 Å². The summed E-state index contributed by atoms with van der Waals surface area (Å²) < 4.78 is 12.1. The molecule has 0 unspecified atom stereocenters. The molecule has 1 aliphatic heterocycles. The topological polar surface area (TPSA) is 51.1 Å². The van der Waals surface area contributed by atoms with E-state index in [4.69, 9.17) is 14.5 Å². The Labute approximate surface area is 228 Å². The largest absolute Gasteiger partial charge is 0.497 e. The van der Waals surface area contributed by atoms with E-state index in [1.165, 1.54) is 22.5 Å². The van der Waals surface area contributed by atoms with E-state index in [1.807, 2.05) is 67.6 Å². The highest BCUT2D eigenvalue weighted by Crippen LogP contribution is 2.35. The fraction of sp³-hybridized carbons (Fsp3) is 0.133. The van der Waals surface area contributed by atoms with E-state index in [-0.39, 0.29) is 5.91 Å². The summed E-state index contributed by atoms with van der Waals surface area (Å²) in [5.41, 5.74) is 2.78. The van der Waals surface area contributed by atoms with Crippen molar-refractivity contribution in [1.82, 2.24) is 4.90 Å². The number of benzene rings is 4. The van der Waals surface area contributed by atoms with Gasteiger partial charge in [-0.2, -0.15) is 0 Å². The monoisotopic (exact) mass is 572 g/mol. The number of amides is 1. The minimum atomic E-state index is -0.0486. The zero-order valence-corrected chi connectivity index (χ0v) is 22.9. The Morgan fingerprint density at radius 1 is 0.973 bits per heavy atom. The van der Waals surface area contributed by atoms with Crippen molar-refractivity contribution in [1.29, 1.82) is 0 Å². The first-order chi connectivity index (χ1) is 18.0. The Kier molecular flexibility index (Phi) is 7.63. The number of halogens is 1. The Hall–Kier alpha value is -3.55. The van der Waals surface area contributed by atoms with Crippen molar-refractivity contribution in [3.63, 3.8) is 0 Å². The van der Waals surface area contributed by atoms with E-state index in [9.17, 15) is 4.79 Å². The van der Waals surface area contributed by atoms with Crippen molar-refractivity contribution in [2.75, 3.05) is 13.7 Å². The van der Waals surface area contributed by atoms with Crippen LogP contribution in [0.25, 0.3) is 16.8 Å². The lowest BCUT2D eigenvalue weighted by Crippen LogP contribution is -2.28. The van der Waals surface area contributed by atoms with Crippen molar-refractivity contribution in [2.24, 2.45) is 4.99 Å². The molecule has 37 heavy (non-hydrogen) atoms. The maximum atomic E-state index is 13.0. The van der Waals surface area contributed by atoms with Gasteiger partial charge in [0.1, 0.15) is 18.1 Å². The summed E-state index contributed by atoms with van der Waals surface area (Å²) in [5, 5.41) is 3.07. The highest BCUT2D eigenvalue weighted by atomic mass is 79.9. The average molecular weight is 574 g/mol. The molecule has 4 aromatic rings. The molecule has 186 valence electrons. The number of fused-ring (bicyclic) bond motifs is 1. The zero-order chi connectivity index (χ0) is 25.8. The number of aliphatic imine (C=N–C) groups is 1. The summed E-state index contributed by atoms with van der Waals surface area (Å²) in [5.74, 6) is 1.47. The molecule has 4 aromatic carbocycles. The molecule has 0 radical (unpaired) electrons. The first kappa shape index (κ1) is 25.1. The molecular weight excluding hydrogens is 548 g/mol. The second-order valence-electron chi connectivity index (χ2n) is 8.41. The van der Waals surface area contributed by atoms with Crippen molar-refractivity contribution < 1.29 is 14.3 Å². The quantitative estimate of drug-likeness (QED) is 0.212. The Morgan fingerprint density at radius 3 is 2.49 bits per heavy atom. The number of amidine groups is 1. The molecule has 7 heteroatoms. The number of rotatable bonds is 7. The highest BCUT2D eigenvalue weighted by molar-refractivity contribution is 9.10. The number of carbonyl (C=O) groups is 1. The molecule has 5 nitrogen and oxygen atoms in total. The molecule has 0 N–H and O–H groups in total. The highest BCUT2D eigenvalue weighted by Gasteiger charge is 2.32. The molecule has 0 aromatic heterocycles. The summed E-state index contributed by atoms with van der Waals surface area (Å²) in [7, 11) is 1.63. The third-order valence-electron chi connectivity index (χ3n) is 5.96. The van der Waals surface area contributed by atoms with Crippen LogP contribution in [0.5, 0.6) is 11.5 Å². The van der Waals surface area contributed by atoms with Crippen LogP contribution < -0.4 is 9.47 Å². The molecule has 1 amide bonds. The molecule has 5 rings (SSSR count). The first-order valence-electron chi connectivity index (χ1n) is 11.9. The molecule has 1 heterocycles.